The van der Waals surface area contributed by atoms with E-state index < -0.39 is 0 Å². The first kappa shape index (κ1) is 12.6. The molecule has 3 aromatic rings. The van der Waals surface area contributed by atoms with E-state index >= 15 is 0 Å². The Labute approximate surface area is 116 Å². The number of imidazole rings is 1. The van der Waals surface area contributed by atoms with Crippen LogP contribution in [0.25, 0.3) is 11.0 Å². The number of methoxy groups -OCH3 is 1. The van der Waals surface area contributed by atoms with Crippen LogP contribution < -0.4 is 10.5 Å². The van der Waals surface area contributed by atoms with Crippen molar-refractivity contribution in [2.45, 2.75) is 12.6 Å². The van der Waals surface area contributed by atoms with Crippen molar-refractivity contribution in [3.8, 4) is 5.88 Å². The second kappa shape index (κ2) is 5.26. The monoisotopic (exact) mass is 269 g/mol. The third kappa shape index (κ3) is 2.21. The van der Waals surface area contributed by atoms with Crippen molar-refractivity contribution >= 4 is 11.0 Å². The van der Waals surface area contributed by atoms with Crippen molar-refractivity contribution in [3.63, 3.8) is 0 Å². The topological polar surface area (TPSA) is 78.9 Å². The Morgan fingerprint density at radius 2 is 2.00 bits per heavy atom. The molecule has 0 radical (unpaired) electrons. The summed E-state index contributed by atoms with van der Waals surface area (Å²) in [6, 6.07) is 7.62. The Bertz CT molecular complexity index is 724. The lowest BCUT2D eigenvalue weighted by Crippen LogP contribution is -2.19. The quantitative estimate of drug-likeness (QED) is 0.777. The van der Waals surface area contributed by atoms with Gasteiger partial charge in [-0.1, -0.05) is 12.1 Å². The van der Waals surface area contributed by atoms with Crippen LogP contribution in [0.3, 0.4) is 0 Å². The molecule has 20 heavy (non-hydrogen) atoms. The van der Waals surface area contributed by atoms with Gasteiger partial charge in [-0.05, 0) is 12.1 Å². The minimum Gasteiger partial charge on any atom is -0.480 e. The Hall–Kier alpha value is -2.47. The lowest BCUT2D eigenvalue weighted by Gasteiger charge is -2.14. The van der Waals surface area contributed by atoms with Crippen molar-refractivity contribution < 1.29 is 4.74 Å². The zero-order valence-electron chi connectivity index (χ0n) is 11.1. The van der Waals surface area contributed by atoms with Gasteiger partial charge in [-0.25, -0.2) is 9.97 Å². The van der Waals surface area contributed by atoms with Crippen molar-refractivity contribution in [2.24, 2.45) is 5.73 Å². The summed E-state index contributed by atoms with van der Waals surface area (Å²) in [5.74, 6) is 0.462. The van der Waals surface area contributed by atoms with Crippen molar-refractivity contribution in [2.75, 3.05) is 7.11 Å². The maximum Gasteiger partial charge on any atom is 0.237 e. The number of hydrogen-bond acceptors (Lipinski definition) is 5. The molecule has 2 aromatic heterocycles. The lowest BCUT2D eigenvalue weighted by molar-refractivity contribution is 0.381. The van der Waals surface area contributed by atoms with Crippen LogP contribution in [0.5, 0.6) is 5.88 Å². The number of nitrogens with two attached hydrogens (primary N) is 1. The largest absolute Gasteiger partial charge is 0.480 e. The second-order valence-corrected chi connectivity index (χ2v) is 4.44. The van der Waals surface area contributed by atoms with Crippen LogP contribution in [0.2, 0.25) is 0 Å². The van der Waals surface area contributed by atoms with Crippen LogP contribution in [0.15, 0.2) is 43.0 Å². The third-order valence-electron chi connectivity index (χ3n) is 3.16. The molecule has 0 aliphatic carbocycles. The van der Waals surface area contributed by atoms with Crippen molar-refractivity contribution in [1.29, 1.82) is 0 Å². The molecule has 0 aliphatic rings. The van der Waals surface area contributed by atoms with Crippen LogP contribution >= 0.6 is 0 Å². The van der Waals surface area contributed by atoms with Crippen LogP contribution in [-0.4, -0.2) is 26.6 Å². The van der Waals surface area contributed by atoms with E-state index in [0.717, 1.165) is 11.0 Å². The summed E-state index contributed by atoms with van der Waals surface area (Å²) >= 11 is 0. The van der Waals surface area contributed by atoms with E-state index in [2.05, 4.69) is 15.0 Å². The molecule has 0 aliphatic heterocycles. The summed E-state index contributed by atoms with van der Waals surface area (Å²) in [6.45, 7) is 0.565. The number of aromatic nitrogens is 4. The van der Waals surface area contributed by atoms with Gasteiger partial charge in [0.2, 0.25) is 5.88 Å². The Morgan fingerprint density at radius 1 is 1.20 bits per heavy atom. The minimum atomic E-state index is -0.309. The summed E-state index contributed by atoms with van der Waals surface area (Å²) < 4.78 is 7.20. The molecule has 1 atom stereocenters. The molecule has 0 saturated carbocycles. The van der Waals surface area contributed by atoms with Gasteiger partial charge in [0.25, 0.3) is 0 Å². The van der Waals surface area contributed by atoms with Crippen molar-refractivity contribution in [3.05, 3.63) is 48.7 Å². The van der Waals surface area contributed by atoms with Gasteiger partial charge >= 0.3 is 0 Å². The highest BCUT2D eigenvalue weighted by molar-refractivity contribution is 5.74. The van der Waals surface area contributed by atoms with E-state index in [4.69, 9.17) is 10.5 Å². The fourth-order valence-corrected chi connectivity index (χ4v) is 2.20. The van der Waals surface area contributed by atoms with Crippen molar-refractivity contribution in [1.82, 2.24) is 19.5 Å². The average molecular weight is 269 g/mol. The summed E-state index contributed by atoms with van der Waals surface area (Å²) in [6.07, 6.45) is 4.98. The molecule has 6 heteroatoms. The fraction of sp³-hybridized carbons (Fsp3) is 0.214. The second-order valence-electron chi connectivity index (χ2n) is 4.44. The van der Waals surface area contributed by atoms with Gasteiger partial charge < -0.3 is 15.0 Å². The summed E-state index contributed by atoms with van der Waals surface area (Å²) in [4.78, 5) is 12.7. The van der Waals surface area contributed by atoms with Crippen LogP contribution in [0.4, 0.5) is 0 Å². The van der Waals surface area contributed by atoms with E-state index in [-0.39, 0.29) is 6.04 Å². The number of nitrogens with zero attached hydrogens (tertiary/aromatic N) is 4. The molecule has 1 aromatic carbocycles. The van der Waals surface area contributed by atoms with Gasteiger partial charge in [0, 0.05) is 18.9 Å². The molecule has 0 saturated heterocycles. The highest BCUT2D eigenvalue weighted by Crippen LogP contribution is 2.21. The van der Waals surface area contributed by atoms with Gasteiger partial charge in [-0.2, -0.15) is 0 Å². The van der Waals surface area contributed by atoms with Crippen LogP contribution in [0, 0.1) is 0 Å². The van der Waals surface area contributed by atoms with E-state index in [1.807, 2.05) is 28.8 Å². The highest BCUT2D eigenvalue weighted by Gasteiger charge is 2.16. The maximum atomic E-state index is 6.22. The average Bonchev–Trinajstić information content (AvgIpc) is 2.90. The number of fused-ring (bicyclic) bond motifs is 1. The molecule has 3 rings (SSSR count). The Kier molecular flexibility index (Phi) is 3.30. The standard InChI is InChI=1S/C14H15N5O/c1-20-14-13(16-6-7-17-14)10(15)8-19-9-18-11-4-2-3-5-12(11)19/h2-7,9-10H,8,15H2,1H3. The first-order valence-electron chi connectivity index (χ1n) is 6.30. The van der Waals surface area contributed by atoms with Gasteiger partial charge in [0.05, 0.1) is 30.5 Å². The molecule has 2 heterocycles. The van der Waals surface area contributed by atoms with Crippen LogP contribution in [-0.2, 0) is 6.54 Å². The number of benzene rings is 1. The fourth-order valence-electron chi connectivity index (χ4n) is 2.20. The van der Waals surface area contributed by atoms with Gasteiger partial charge in [-0.15, -0.1) is 0 Å². The lowest BCUT2D eigenvalue weighted by atomic mass is 10.2. The highest BCUT2D eigenvalue weighted by atomic mass is 16.5. The number of rotatable bonds is 4. The number of ether oxygens (including phenoxy) is 1. The SMILES string of the molecule is COc1nccnc1C(N)Cn1cnc2ccccc21. The van der Waals surface area contributed by atoms with Gasteiger partial charge in [-0.3, -0.25) is 4.98 Å². The smallest absolute Gasteiger partial charge is 0.237 e. The van der Waals surface area contributed by atoms with E-state index in [9.17, 15) is 0 Å². The Morgan fingerprint density at radius 3 is 2.85 bits per heavy atom. The van der Waals surface area contributed by atoms with E-state index in [1.165, 1.54) is 0 Å². The number of para-hydroxylation sites is 2. The zero-order valence-corrected chi connectivity index (χ0v) is 11.1. The molecule has 0 fully saturated rings. The minimum absolute atomic E-state index is 0.309. The predicted molar refractivity (Wildman–Crippen MR) is 75.2 cm³/mol. The van der Waals surface area contributed by atoms with Crippen LogP contribution in [0.1, 0.15) is 11.7 Å². The maximum absolute atomic E-state index is 6.22. The van der Waals surface area contributed by atoms with Gasteiger partial charge in [0.1, 0.15) is 5.69 Å². The zero-order chi connectivity index (χ0) is 13.9. The first-order chi connectivity index (χ1) is 9.79. The molecular formula is C14H15N5O. The Balaban J connectivity index is 1.90. The predicted octanol–water partition coefficient (Wildman–Crippen LogP) is 1.53. The van der Waals surface area contributed by atoms with E-state index in [0.29, 0.717) is 18.1 Å². The molecule has 6 nitrogen and oxygen atoms in total. The molecule has 0 amide bonds. The first-order valence-corrected chi connectivity index (χ1v) is 6.30. The summed E-state index contributed by atoms with van der Waals surface area (Å²) in [5.41, 5.74) is 8.87. The molecule has 0 bridgehead atoms. The van der Waals surface area contributed by atoms with Gasteiger partial charge in [0.15, 0.2) is 0 Å². The molecule has 1 unspecified atom stereocenters. The molecule has 0 spiro atoms. The summed E-state index contributed by atoms with van der Waals surface area (Å²) in [5, 5.41) is 0. The normalized spacial score (nSPS) is 12.5. The molecular weight excluding hydrogens is 254 g/mol. The van der Waals surface area contributed by atoms with E-state index in [1.54, 1.807) is 25.8 Å². The summed E-state index contributed by atoms with van der Waals surface area (Å²) in [7, 11) is 1.56. The molecule has 102 valence electrons. The molecule has 2 N–H and O–H groups in total. The third-order valence-corrected chi connectivity index (χ3v) is 3.16. The number of hydrogen-bond donors (Lipinski definition) is 1.